The highest BCUT2D eigenvalue weighted by atomic mass is 19.1. The number of aryl methyl sites for hydroxylation is 1. The molecule has 4 rings (SSSR count). The van der Waals surface area contributed by atoms with E-state index in [0.717, 1.165) is 16.8 Å². The lowest BCUT2D eigenvalue weighted by Gasteiger charge is -2.31. The molecule has 2 atom stereocenters. The number of carbonyl (C=O) groups excluding carboxylic acids is 1. The van der Waals surface area contributed by atoms with Gasteiger partial charge >= 0.3 is 0 Å². The first kappa shape index (κ1) is 10.2. The van der Waals surface area contributed by atoms with Gasteiger partial charge < -0.3 is 10.6 Å². The predicted molar refractivity (Wildman–Crippen MR) is 101 cm³/mol. The smallest absolute Gasteiger partial charge is 0.250 e. The molecular formula is C19H25FN6O. The summed E-state index contributed by atoms with van der Waals surface area (Å²) >= 11 is 0. The third-order valence-corrected chi connectivity index (χ3v) is 3.97. The molecule has 144 valence electrons. The summed E-state index contributed by atoms with van der Waals surface area (Å²) in [7, 11) is 1.41. The van der Waals surface area contributed by atoms with E-state index in [1.807, 2.05) is 0 Å². The summed E-state index contributed by atoms with van der Waals surface area (Å²) in [5, 5.41) is 6.68. The van der Waals surface area contributed by atoms with E-state index in [1.165, 1.54) is 13.1 Å². The maximum Gasteiger partial charge on any atom is 0.250 e. The predicted octanol–water partition coefficient (Wildman–Crippen LogP) is 1.04. The lowest BCUT2D eigenvalue weighted by molar-refractivity contribution is -0.118. The molecule has 3 heterocycles. The summed E-state index contributed by atoms with van der Waals surface area (Å²) in [6.07, 6.45) is -3.03. The highest BCUT2D eigenvalue weighted by molar-refractivity contribution is 5.96. The molecule has 0 saturated carbocycles. The molecule has 27 heavy (non-hydrogen) atoms. The van der Waals surface area contributed by atoms with Gasteiger partial charge in [0, 0.05) is 36.4 Å². The van der Waals surface area contributed by atoms with Crippen LogP contribution in [0.15, 0.2) is 29.5 Å². The van der Waals surface area contributed by atoms with Crippen LogP contribution in [0.2, 0.25) is 4.24 Å². The van der Waals surface area contributed by atoms with Crippen molar-refractivity contribution in [2.45, 2.75) is 38.5 Å². The monoisotopic (exact) mass is 381 g/mol. The molecular weight excluding hydrogens is 347 g/mol. The number of carbonyl (C=O) groups is 1. The van der Waals surface area contributed by atoms with Crippen molar-refractivity contribution >= 4 is 16.8 Å². The first-order valence-corrected chi connectivity index (χ1v) is 8.32. The van der Waals surface area contributed by atoms with E-state index in [0.29, 0.717) is 0 Å². The lowest BCUT2D eigenvalue weighted by Crippen LogP contribution is -2.52. The molecule has 1 aromatic carbocycles. The molecule has 2 aromatic rings. The van der Waals surface area contributed by atoms with Crippen molar-refractivity contribution in [2.24, 2.45) is 7.05 Å². The number of piperazine rings is 1. The van der Waals surface area contributed by atoms with Crippen LogP contribution in [0.25, 0.3) is 10.9 Å². The number of aromatic nitrogens is 2. The van der Waals surface area contributed by atoms with Crippen molar-refractivity contribution in [2.75, 3.05) is 13.0 Å². The van der Waals surface area contributed by atoms with Gasteiger partial charge in [-0.2, -0.15) is 5.10 Å². The van der Waals surface area contributed by atoms with Gasteiger partial charge in [-0.1, -0.05) is 0 Å². The maximum atomic E-state index is 13.9. The molecule has 1 amide bonds. The van der Waals surface area contributed by atoms with Gasteiger partial charge in [-0.05, 0) is 39.0 Å². The molecule has 0 radical (unpaired) electrons. The van der Waals surface area contributed by atoms with Crippen molar-refractivity contribution in [3.8, 4) is 0 Å². The molecule has 7 nitrogen and oxygen atoms in total. The summed E-state index contributed by atoms with van der Waals surface area (Å²) in [6, 6.07) is 0.422. The Morgan fingerprint density at radius 3 is 3.00 bits per heavy atom. The second-order valence-electron chi connectivity index (χ2n) is 7.29. The molecule has 8 heteroatoms. The topological polar surface area (TPSA) is 83.0 Å². The zero-order valence-corrected chi connectivity index (χ0v) is 15.3. The average Bonchev–Trinajstić information content (AvgIpc) is 3.15. The Morgan fingerprint density at radius 2 is 2.26 bits per heavy atom. The Bertz CT molecular complexity index is 1310. The van der Waals surface area contributed by atoms with E-state index in [4.69, 9.17) is 11.1 Å². The van der Waals surface area contributed by atoms with Crippen molar-refractivity contribution in [3.05, 3.63) is 41.0 Å². The van der Waals surface area contributed by atoms with Gasteiger partial charge in [-0.15, -0.1) is 0 Å². The molecule has 2 aliphatic heterocycles. The van der Waals surface area contributed by atoms with Crippen LogP contribution in [-0.2, 0) is 11.8 Å². The quantitative estimate of drug-likeness (QED) is 0.625. The zero-order valence-electron chi connectivity index (χ0n) is 24.3. The van der Waals surface area contributed by atoms with Gasteiger partial charge in [0.1, 0.15) is 8.64 Å². The number of benzene rings is 1. The van der Waals surface area contributed by atoms with Gasteiger partial charge in [-0.25, -0.2) is 4.39 Å². The van der Waals surface area contributed by atoms with Crippen LogP contribution < -0.4 is 21.2 Å². The molecule has 1 fully saturated rings. The van der Waals surface area contributed by atoms with Gasteiger partial charge in [0.2, 0.25) is 0 Å². The van der Waals surface area contributed by atoms with Crippen LogP contribution in [0.5, 0.6) is 0 Å². The Morgan fingerprint density at radius 1 is 1.48 bits per heavy atom. The van der Waals surface area contributed by atoms with Crippen molar-refractivity contribution in [3.63, 3.8) is 0 Å². The fourth-order valence-electron chi connectivity index (χ4n) is 2.83. The van der Waals surface area contributed by atoms with Crippen LogP contribution in [0.1, 0.15) is 40.7 Å². The van der Waals surface area contributed by atoms with E-state index in [-0.39, 0.29) is 26.8 Å². The highest BCUT2D eigenvalue weighted by Crippen LogP contribution is 2.28. The Kier molecular flexibility index (Phi) is 2.38. The number of hydrogen-bond acceptors (Lipinski definition) is 5. The highest BCUT2D eigenvalue weighted by Gasteiger charge is 2.36. The molecule has 1 aromatic heterocycles. The first-order chi connectivity index (χ1) is 16.2. The fraction of sp³-hybridized carbons (Fsp3) is 0.474. The normalized spacial score (nSPS) is 38.6. The molecule has 0 spiro atoms. The summed E-state index contributed by atoms with van der Waals surface area (Å²) in [5.41, 5.74) is -2.93. The second kappa shape index (κ2) is 6.31. The van der Waals surface area contributed by atoms with Crippen LogP contribution in [0.3, 0.4) is 0 Å². The molecule has 2 aliphatic rings. The van der Waals surface area contributed by atoms with E-state index in [9.17, 15) is 10.6 Å². The number of amides is 1. The SMILES string of the molecule is [2H]N1C([2H])([2H])C(C(=O)NC(C)(C)C)=C2N([2H])C([2H])(c3nn(C)c4cc(F)ccc34)C([2H])([2H])N([2H])C21[2H]. The Balaban J connectivity index is 2.07. The summed E-state index contributed by atoms with van der Waals surface area (Å²) < 4.78 is 92.8. The Hall–Kier alpha value is -2.45. The van der Waals surface area contributed by atoms with Gasteiger partial charge in [-0.3, -0.25) is 20.1 Å². The maximum absolute atomic E-state index is 13.9. The third kappa shape index (κ3) is 3.30. The second-order valence-corrected chi connectivity index (χ2v) is 7.29. The van der Waals surface area contributed by atoms with Crippen LogP contribution in [0.4, 0.5) is 4.39 Å². The zero-order chi connectivity index (χ0) is 27.4. The van der Waals surface area contributed by atoms with Crippen LogP contribution in [0, 0.1) is 5.82 Å². The minimum Gasteiger partial charge on any atom is -0.376 e. The number of hydrogen-bond donors (Lipinski definition) is 4. The number of nitrogens with one attached hydrogen (secondary N) is 4. The van der Waals surface area contributed by atoms with E-state index >= 15 is 0 Å². The molecule has 2 unspecified atom stereocenters. The van der Waals surface area contributed by atoms with Crippen LogP contribution in [-0.4, -0.2) is 40.4 Å². The fourth-order valence-corrected chi connectivity index (χ4v) is 2.83. The number of rotatable bonds is 2. The van der Waals surface area contributed by atoms with Crippen molar-refractivity contribution < 1.29 is 21.6 Å². The summed E-state index contributed by atoms with van der Waals surface area (Å²) in [4.78, 5) is 13.2. The Labute approximate surface area is 170 Å². The van der Waals surface area contributed by atoms with E-state index in [1.54, 1.807) is 20.8 Å². The number of fused-ring (bicyclic) bond motifs is 2. The average molecular weight is 382 g/mol. The largest absolute Gasteiger partial charge is 0.376 e. The minimum absolute atomic E-state index is 0.0749. The standard InChI is InChI=1S/C19H25FN6O/c1-19(2,3)24-18(27)12-8-21-17-16(12)23-13(9-22-17)15-11-6-5-10(20)7-14(11)26(4)25-15/h5-7,13,17,21-23H,8-9H2,1-4H3,(H,24,27)/i8D2,9D2,13D,17D/hD3. The first-order valence-electron chi connectivity index (χ1n) is 12.7. The molecule has 0 bridgehead atoms. The summed E-state index contributed by atoms with van der Waals surface area (Å²) in [6.45, 7) is -1.48. The minimum atomic E-state index is -3.26. The van der Waals surface area contributed by atoms with Crippen LogP contribution >= 0.6 is 0 Å². The molecule has 1 saturated heterocycles. The lowest BCUT2D eigenvalue weighted by atomic mass is 10.0. The molecule has 0 aliphatic carbocycles. The van der Waals surface area contributed by atoms with Gasteiger partial charge in [0.25, 0.3) is 5.91 Å². The summed E-state index contributed by atoms with van der Waals surface area (Å²) in [5.74, 6) is -1.72. The number of halogens is 1. The van der Waals surface area contributed by atoms with Gasteiger partial charge in [0.15, 0.2) is 1.41 Å². The van der Waals surface area contributed by atoms with E-state index < -0.39 is 59.4 Å². The number of nitrogens with zero attached hydrogens (tertiary/aromatic N) is 2. The van der Waals surface area contributed by atoms with Crippen molar-refractivity contribution in [1.82, 2.24) is 31.0 Å². The van der Waals surface area contributed by atoms with Crippen molar-refractivity contribution in [1.29, 1.82) is 0 Å². The third-order valence-electron chi connectivity index (χ3n) is 3.97. The van der Waals surface area contributed by atoms with E-state index in [2.05, 4.69) is 10.4 Å². The molecule has 4 N–H and O–H groups in total. The van der Waals surface area contributed by atoms with Gasteiger partial charge in [0.05, 0.1) is 37.4 Å².